The van der Waals surface area contributed by atoms with Gasteiger partial charge in [0, 0.05) is 0 Å². The van der Waals surface area contributed by atoms with Crippen LogP contribution < -0.4 is 0 Å². The molecule has 0 bridgehead atoms. The molecule has 0 spiro atoms. The van der Waals surface area contributed by atoms with E-state index >= 15 is 0 Å². The molecule has 4 nitrogen and oxygen atoms in total. The molecule has 0 aliphatic carbocycles. The van der Waals surface area contributed by atoms with Crippen LogP contribution in [0.4, 0.5) is 0 Å². The van der Waals surface area contributed by atoms with Crippen molar-refractivity contribution in [2.45, 2.75) is 45.8 Å². The fourth-order valence-electron chi connectivity index (χ4n) is 2.57. The summed E-state index contributed by atoms with van der Waals surface area (Å²) in [6.45, 7) is 5.62. The van der Waals surface area contributed by atoms with E-state index < -0.39 is 17.5 Å². The lowest BCUT2D eigenvalue weighted by Crippen LogP contribution is -2.29. The summed E-state index contributed by atoms with van der Waals surface area (Å²) in [5.41, 5.74) is 1.32. The number of esters is 2. The van der Waals surface area contributed by atoms with Gasteiger partial charge in [0.2, 0.25) is 0 Å². The van der Waals surface area contributed by atoms with Gasteiger partial charge in [0.15, 0.2) is 0 Å². The number of rotatable bonds is 7. The van der Waals surface area contributed by atoms with Crippen LogP contribution in [0.2, 0.25) is 0 Å². The number of carbonyl (C=O) groups excluding carboxylic acids is 2. The molecule has 0 aliphatic heterocycles. The first-order valence-corrected chi connectivity index (χ1v) is 8.80. The molecule has 0 fully saturated rings. The van der Waals surface area contributed by atoms with E-state index in [0.29, 0.717) is 6.42 Å². The Morgan fingerprint density at radius 1 is 0.885 bits per heavy atom. The monoisotopic (exact) mass is 354 g/mol. The van der Waals surface area contributed by atoms with Crippen LogP contribution in [0, 0.1) is 5.92 Å². The van der Waals surface area contributed by atoms with Crippen molar-refractivity contribution in [2.24, 2.45) is 5.92 Å². The second kappa shape index (κ2) is 9.18. The van der Waals surface area contributed by atoms with Crippen molar-refractivity contribution in [1.82, 2.24) is 0 Å². The minimum atomic E-state index is -0.581. The van der Waals surface area contributed by atoms with Gasteiger partial charge in [-0.2, -0.15) is 0 Å². The van der Waals surface area contributed by atoms with E-state index in [1.807, 2.05) is 81.4 Å². The number of carbonyl (C=O) groups is 2. The SMILES string of the molecule is CC(C)(C)OC(=O)C[C@@H](Cc1ccccc1)C(=O)OCc1ccccc1. The van der Waals surface area contributed by atoms with Gasteiger partial charge in [0.1, 0.15) is 12.2 Å². The first-order valence-electron chi connectivity index (χ1n) is 8.80. The third kappa shape index (κ3) is 7.09. The predicted octanol–water partition coefficient (Wildman–Crippen LogP) is 4.32. The van der Waals surface area contributed by atoms with Gasteiger partial charge in [-0.1, -0.05) is 60.7 Å². The Labute approximate surface area is 155 Å². The smallest absolute Gasteiger partial charge is 0.310 e. The summed E-state index contributed by atoms with van der Waals surface area (Å²) < 4.78 is 10.8. The molecule has 0 aromatic heterocycles. The molecule has 0 aliphatic rings. The predicted molar refractivity (Wildman–Crippen MR) is 100 cm³/mol. The summed E-state index contributed by atoms with van der Waals surface area (Å²) in [6.07, 6.45) is 0.438. The maximum absolute atomic E-state index is 12.6. The Morgan fingerprint density at radius 3 is 1.96 bits per heavy atom. The molecule has 0 amide bonds. The van der Waals surface area contributed by atoms with Crippen molar-refractivity contribution < 1.29 is 19.1 Å². The van der Waals surface area contributed by atoms with Crippen LogP contribution in [-0.4, -0.2) is 17.5 Å². The van der Waals surface area contributed by atoms with Crippen molar-refractivity contribution in [3.63, 3.8) is 0 Å². The Kier molecular flexibility index (Phi) is 6.96. The molecule has 2 aromatic rings. The summed E-state index contributed by atoms with van der Waals surface area (Å²) in [4.78, 5) is 24.8. The highest BCUT2D eigenvalue weighted by atomic mass is 16.6. The zero-order valence-electron chi connectivity index (χ0n) is 15.6. The highest BCUT2D eigenvalue weighted by molar-refractivity contribution is 5.80. The van der Waals surface area contributed by atoms with Gasteiger partial charge in [-0.15, -0.1) is 0 Å². The maximum atomic E-state index is 12.6. The van der Waals surface area contributed by atoms with E-state index in [-0.39, 0.29) is 19.0 Å². The largest absolute Gasteiger partial charge is 0.461 e. The zero-order valence-corrected chi connectivity index (χ0v) is 15.6. The second-order valence-corrected chi connectivity index (χ2v) is 7.27. The van der Waals surface area contributed by atoms with Crippen molar-refractivity contribution >= 4 is 11.9 Å². The number of hydrogen-bond donors (Lipinski definition) is 0. The van der Waals surface area contributed by atoms with Crippen molar-refractivity contribution in [2.75, 3.05) is 0 Å². The first-order chi connectivity index (χ1) is 12.3. The molecule has 26 heavy (non-hydrogen) atoms. The molecule has 2 aromatic carbocycles. The molecule has 0 unspecified atom stereocenters. The molecular formula is C22H26O4. The molecule has 4 heteroatoms. The van der Waals surface area contributed by atoms with E-state index in [4.69, 9.17) is 9.47 Å². The van der Waals surface area contributed by atoms with Crippen LogP contribution in [0.3, 0.4) is 0 Å². The lowest BCUT2D eigenvalue weighted by atomic mass is 9.96. The van der Waals surface area contributed by atoms with Crippen LogP contribution in [0.25, 0.3) is 0 Å². The summed E-state index contributed by atoms with van der Waals surface area (Å²) in [7, 11) is 0. The standard InChI is InChI=1S/C22H26O4/c1-22(2,3)26-20(23)15-19(14-17-10-6-4-7-11-17)21(24)25-16-18-12-8-5-9-13-18/h4-13,19H,14-16H2,1-3H3/t19-/m1/s1. The number of hydrogen-bond acceptors (Lipinski definition) is 4. The van der Waals surface area contributed by atoms with Gasteiger partial charge < -0.3 is 9.47 Å². The minimum Gasteiger partial charge on any atom is -0.461 e. The van der Waals surface area contributed by atoms with Crippen molar-refractivity contribution in [1.29, 1.82) is 0 Å². The third-order valence-corrected chi connectivity index (χ3v) is 3.72. The van der Waals surface area contributed by atoms with Crippen molar-refractivity contribution in [3.8, 4) is 0 Å². The van der Waals surface area contributed by atoms with Crippen LogP contribution in [0.15, 0.2) is 60.7 Å². The molecule has 2 rings (SSSR count). The van der Waals surface area contributed by atoms with Crippen LogP contribution in [0.1, 0.15) is 38.3 Å². The van der Waals surface area contributed by atoms with Gasteiger partial charge in [-0.05, 0) is 38.3 Å². The molecule has 0 heterocycles. The van der Waals surface area contributed by atoms with Crippen molar-refractivity contribution in [3.05, 3.63) is 71.8 Å². The summed E-state index contributed by atoms with van der Waals surface area (Å²) >= 11 is 0. The zero-order chi connectivity index (χ0) is 19.0. The lowest BCUT2D eigenvalue weighted by Gasteiger charge is -2.22. The number of benzene rings is 2. The Balaban J connectivity index is 2.03. The van der Waals surface area contributed by atoms with E-state index in [1.54, 1.807) is 0 Å². The highest BCUT2D eigenvalue weighted by Gasteiger charge is 2.27. The van der Waals surface area contributed by atoms with Gasteiger partial charge >= 0.3 is 11.9 Å². The van der Waals surface area contributed by atoms with Crippen LogP contribution in [-0.2, 0) is 32.1 Å². The van der Waals surface area contributed by atoms with E-state index in [9.17, 15) is 9.59 Å². The number of ether oxygens (including phenoxy) is 2. The molecular weight excluding hydrogens is 328 g/mol. The summed E-state index contributed by atoms with van der Waals surface area (Å²) in [5.74, 6) is -1.35. The molecule has 0 saturated heterocycles. The maximum Gasteiger partial charge on any atom is 0.310 e. The van der Waals surface area contributed by atoms with Crippen LogP contribution in [0.5, 0.6) is 0 Å². The van der Waals surface area contributed by atoms with Gasteiger partial charge in [-0.3, -0.25) is 9.59 Å². The normalized spacial score (nSPS) is 12.3. The Morgan fingerprint density at radius 2 is 1.42 bits per heavy atom. The summed E-state index contributed by atoms with van der Waals surface area (Å²) in [5, 5.41) is 0. The molecule has 138 valence electrons. The van der Waals surface area contributed by atoms with Crippen LogP contribution >= 0.6 is 0 Å². The topological polar surface area (TPSA) is 52.6 Å². The molecule has 0 N–H and O–H groups in total. The van der Waals surface area contributed by atoms with Gasteiger partial charge in [0.05, 0.1) is 12.3 Å². The average Bonchev–Trinajstić information content (AvgIpc) is 2.59. The van der Waals surface area contributed by atoms with Gasteiger partial charge in [-0.25, -0.2) is 0 Å². The molecule has 0 radical (unpaired) electrons. The molecule has 1 atom stereocenters. The second-order valence-electron chi connectivity index (χ2n) is 7.27. The lowest BCUT2D eigenvalue weighted by molar-refractivity contribution is -0.162. The van der Waals surface area contributed by atoms with E-state index in [1.165, 1.54) is 0 Å². The average molecular weight is 354 g/mol. The molecule has 0 saturated carbocycles. The Hall–Kier alpha value is -2.62. The highest BCUT2D eigenvalue weighted by Crippen LogP contribution is 2.18. The first kappa shape index (κ1) is 19.7. The fourth-order valence-corrected chi connectivity index (χ4v) is 2.57. The van der Waals surface area contributed by atoms with E-state index in [2.05, 4.69) is 0 Å². The van der Waals surface area contributed by atoms with E-state index in [0.717, 1.165) is 11.1 Å². The van der Waals surface area contributed by atoms with Gasteiger partial charge in [0.25, 0.3) is 0 Å². The quantitative estimate of drug-likeness (QED) is 0.695. The summed E-state index contributed by atoms with van der Waals surface area (Å²) in [6, 6.07) is 19.1. The minimum absolute atomic E-state index is 0.000211. The Bertz CT molecular complexity index is 702. The third-order valence-electron chi connectivity index (χ3n) is 3.72. The fraction of sp³-hybridized carbons (Fsp3) is 0.364.